The Hall–Kier alpha value is -2.32. The van der Waals surface area contributed by atoms with Crippen molar-refractivity contribution in [2.75, 3.05) is 5.32 Å². The van der Waals surface area contributed by atoms with E-state index >= 15 is 0 Å². The number of hydrogen-bond acceptors (Lipinski definition) is 7. The van der Waals surface area contributed by atoms with E-state index in [0.29, 0.717) is 18.8 Å². The van der Waals surface area contributed by atoms with Crippen LogP contribution in [-0.2, 0) is 17.7 Å². The summed E-state index contributed by atoms with van der Waals surface area (Å²) in [5.74, 6) is 1.47. The Labute approximate surface area is 178 Å². The van der Waals surface area contributed by atoms with Gasteiger partial charge in [-0.3, -0.25) is 0 Å². The summed E-state index contributed by atoms with van der Waals surface area (Å²) >= 11 is 7.74. The fraction of sp³-hybridized carbons (Fsp3) is 0.450. The fourth-order valence-corrected chi connectivity index (χ4v) is 4.35. The number of amides is 1. The van der Waals surface area contributed by atoms with Crippen molar-refractivity contribution in [2.45, 2.75) is 59.2 Å². The Bertz CT molecular complexity index is 995. The highest BCUT2D eigenvalue weighted by Crippen LogP contribution is 2.35. The number of furan rings is 1. The van der Waals surface area contributed by atoms with Crippen LogP contribution in [0.2, 0.25) is 5.28 Å². The topological polar surface area (TPSA) is 89.3 Å². The molecule has 0 saturated heterocycles. The number of carbonyl (C=O) groups is 1. The van der Waals surface area contributed by atoms with E-state index < -0.39 is 11.7 Å². The summed E-state index contributed by atoms with van der Waals surface area (Å²) in [7, 11) is 0. The van der Waals surface area contributed by atoms with Crippen molar-refractivity contribution in [3.8, 4) is 0 Å². The van der Waals surface area contributed by atoms with Gasteiger partial charge in [0.15, 0.2) is 0 Å². The van der Waals surface area contributed by atoms with Gasteiger partial charge >= 0.3 is 6.09 Å². The Morgan fingerprint density at radius 3 is 2.79 bits per heavy atom. The van der Waals surface area contributed by atoms with Crippen LogP contribution >= 0.6 is 22.9 Å². The maximum atomic E-state index is 12.0. The number of carbonyl (C=O) groups excluding carboxylic acids is 1. The molecule has 0 aromatic carbocycles. The number of fused-ring (bicyclic) bond motifs is 1. The SMILES string of the molecule is Cc1c(C[C@H](C)NC(=O)OC(C)(C)C)sc2c(NCc3ccco3)nc(Cl)nc12. The molecule has 2 N–H and O–H groups in total. The van der Waals surface area contributed by atoms with Crippen LogP contribution in [0.3, 0.4) is 0 Å². The van der Waals surface area contributed by atoms with Gasteiger partial charge < -0.3 is 19.8 Å². The van der Waals surface area contributed by atoms with Gasteiger partial charge in [-0.2, -0.15) is 4.98 Å². The lowest BCUT2D eigenvalue weighted by molar-refractivity contribution is 0.0508. The summed E-state index contributed by atoms with van der Waals surface area (Å²) in [5.41, 5.74) is 1.32. The van der Waals surface area contributed by atoms with Gasteiger partial charge in [-0.25, -0.2) is 9.78 Å². The van der Waals surface area contributed by atoms with Gasteiger partial charge in [0.05, 0.1) is 23.0 Å². The number of thiophene rings is 1. The molecule has 0 unspecified atom stereocenters. The van der Waals surface area contributed by atoms with Crippen LogP contribution in [0.1, 0.15) is 43.9 Å². The van der Waals surface area contributed by atoms with E-state index in [-0.39, 0.29) is 11.3 Å². The number of nitrogens with zero attached hydrogens (tertiary/aromatic N) is 2. The average molecular weight is 437 g/mol. The summed E-state index contributed by atoms with van der Waals surface area (Å²) in [6.45, 7) is 9.97. The molecule has 3 aromatic heterocycles. The zero-order chi connectivity index (χ0) is 21.2. The largest absolute Gasteiger partial charge is 0.467 e. The van der Waals surface area contributed by atoms with Gasteiger partial charge in [0.1, 0.15) is 17.2 Å². The van der Waals surface area contributed by atoms with Crippen LogP contribution < -0.4 is 10.6 Å². The molecule has 0 aliphatic heterocycles. The molecule has 0 spiro atoms. The maximum absolute atomic E-state index is 12.0. The molecule has 0 aliphatic rings. The lowest BCUT2D eigenvalue weighted by Gasteiger charge is -2.21. The van der Waals surface area contributed by atoms with Gasteiger partial charge in [0.2, 0.25) is 5.28 Å². The fourth-order valence-electron chi connectivity index (χ4n) is 2.84. The number of aromatic nitrogens is 2. The van der Waals surface area contributed by atoms with E-state index in [4.69, 9.17) is 20.8 Å². The third-order valence-corrected chi connectivity index (χ3v) is 5.58. The summed E-state index contributed by atoms with van der Waals surface area (Å²) < 4.78 is 11.6. The van der Waals surface area contributed by atoms with Crippen molar-refractivity contribution in [3.05, 3.63) is 39.9 Å². The molecule has 0 saturated carbocycles. The van der Waals surface area contributed by atoms with Crippen molar-refractivity contribution in [2.24, 2.45) is 0 Å². The molecule has 156 valence electrons. The van der Waals surface area contributed by atoms with Gasteiger partial charge in [0, 0.05) is 17.3 Å². The lowest BCUT2D eigenvalue weighted by Crippen LogP contribution is -2.38. The highest BCUT2D eigenvalue weighted by atomic mass is 35.5. The lowest BCUT2D eigenvalue weighted by atomic mass is 10.1. The zero-order valence-electron chi connectivity index (χ0n) is 17.1. The number of rotatable bonds is 6. The molecule has 3 rings (SSSR count). The zero-order valence-corrected chi connectivity index (χ0v) is 18.7. The molecule has 0 fully saturated rings. The molecule has 0 bridgehead atoms. The first kappa shape index (κ1) is 21.4. The molecular formula is C20H25ClN4O3S. The molecule has 3 aromatic rings. The number of ether oxygens (including phenoxy) is 1. The van der Waals surface area contributed by atoms with E-state index in [1.165, 1.54) is 0 Å². The Balaban J connectivity index is 1.77. The summed E-state index contributed by atoms with van der Waals surface area (Å²) in [6.07, 6.45) is 1.86. The van der Waals surface area contributed by atoms with E-state index in [2.05, 4.69) is 20.6 Å². The number of hydrogen-bond donors (Lipinski definition) is 2. The van der Waals surface area contributed by atoms with Crippen molar-refractivity contribution in [1.82, 2.24) is 15.3 Å². The summed E-state index contributed by atoms with van der Waals surface area (Å²) in [6, 6.07) is 3.63. The van der Waals surface area contributed by atoms with E-state index in [1.54, 1.807) is 17.6 Å². The van der Waals surface area contributed by atoms with Gasteiger partial charge in [0.25, 0.3) is 0 Å². The molecule has 9 heteroatoms. The number of aryl methyl sites for hydroxylation is 1. The third-order valence-electron chi connectivity index (χ3n) is 4.10. The number of anilines is 1. The monoisotopic (exact) mass is 436 g/mol. The smallest absolute Gasteiger partial charge is 0.407 e. The van der Waals surface area contributed by atoms with Gasteiger partial charge in [-0.05, 0) is 63.9 Å². The van der Waals surface area contributed by atoms with E-state index in [1.807, 2.05) is 46.8 Å². The first-order valence-electron chi connectivity index (χ1n) is 9.33. The summed E-state index contributed by atoms with van der Waals surface area (Å²) in [5, 5.41) is 6.34. The second kappa shape index (κ2) is 8.59. The highest BCUT2D eigenvalue weighted by Gasteiger charge is 2.21. The van der Waals surface area contributed by atoms with Crippen LogP contribution in [0.5, 0.6) is 0 Å². The minimum Gasteiger partial charge on any atom is -0.467 e. The maximum Gasteiger partial charge on any atom is 0.407 e. The standard InChI is InChI=1S/C20H25ClN4O3S/c1-11(23-19(26)28-20(3,4)5)9-14-12(2)15-16(29-14)17(25-18(21)24-15)22-10-13-7-6-8-27-13/h6-8,11H,9-10H2,1-5H3,(H,23,26)(H,22,24,25)/t11-/m0/s1. The third kappa shape index (κ3) is 5.61. The number of halogens is 1. The molecule has 1 atom stereocenters. The molecular weight excluding hydrogens is 412 g/mol. The quantitative estimate of drug-likeness (QED) is 0.508. The molecule has 1 amide bonds. The molecule has 0 aliphatic carbocycles. The van der Waals surface area contributed by atoms with Crippen LogP contribution in [0.15, 0.2) is 22.8 Å². The minimum atomic E-state index is -0.530. The average Bonchev–Trinajstić information content (AvgIpc) is 3.21. The van der Waals surface area contributed by atoms with Gasteiger partial charge in [-0.1, -0.05) is 0 Å². The normalized spacial score (nSPS) is 12.8. The van der Waals surface area contributed by atoms with Crippen molar-refractivity contribution < 1.29 is 13.9 Å². The van der Waals surface area contributed by atoms with Crippen LogP contribution in [0, 0.1) is 6.92 Å². The number of nitrogens with one attached hydrogen (secondary N) is 2. The first-order chi connectivity index (χ1) is 13.6. The predicted octanol–water partition coefficient (Wildman–Crippen LogP) is 5.31. The Morgan fingerprint density at radius 2 is 2.14 bits per heavy atom. The van der Waals surface area contributed by atoms with Crippen LogP contribution in [0.25, 0.3) is 10.2 Å². The number of alkyl carbamates (subject to hydrolysis) is 1. The molecule has 29 heavy (non-hydrogen) atoms. The molecule has 7 nitrogen and oxygen atoms in total. The van der Waals surface area contributed by atoms with E-state index in [9.17, 15) is 4.79 Å². The van der Waals surface area contributed by atoms with Crippen LogP contribution in [-0.4, -0.2) is 27.7 Å². The predicted molar refractivity (Wildman–Crippen MR) is 116 cm³/mol. The second-order valence-electron chi connectivity index (χ2n) is 7.85. The van der Waals surface area contributed by atoms with Gasteiger partial charge in [-0.15, -0.1) is 11.3 Å². The van der Waals surface area contributed by atoms with E-state index in [0.717, 1.165) is 26.4 Å². The van der Waals surface area contributed by atoms with Crippen LogP contribution in [0.4, 0.5) is 10.6 Å². The Kier molecular flexibility index (Phi) is 6.33. The van der Waals surface area contributed by atoms with Crippen molar-refractivity contribution in [1.29, 1.82) is 0 Å². The van der Waals surface area contributed by atoms with Crippen molar-refractivity contribution >= 4 is 45.1 Å². The summed E-state index contributed by atoms with van der Waals surface area (Å²) in [4.78, 5) is 21.9. The first-order valence-corrected chi connectivity index (χ1v) is 10.5. The highest BCUT2D eigenvalue weighted by molar-refractivity contribution is 7.19. The van der Waals surface area contributed by atoms with Crippen molar-refractivity contribution in [3.63, 3.8) is 0 Å². The molecule has 0 radical (unpaired) electrons. The minimum absolute atomic E-state index is 0.0976. The molecule has 3 heterocycles. The Morgan fingerprint density at radius 1 is 1.38 bits per heavy atom. The second-order valence-corrected chi connectivity index (χ2v) is 9.30.